The highest BCUT2D eigenvalue weighted by atomic mass is 16.3. The van der Waals surface area contributed by atoms with Gasteiger partial charge >= 0.3 is 0 Å². The molecule has 0 amide bonds. The Morgan fingerprint density at radius 2 is 1.64 bits per heavy atom. The first-order valence-electron chi connectivity index (χ1n) is 10.4. The van der Waals surface area contributed by atoms with E-state index in [2.05, 4.69) is 6.92 Å². The van der Waals surface area contributed by atoms with Crippen molar-refractivity contribution >= 4 is 0 Å². The Morgan fingerprint density at radius 1 is 0.920 bits per heavy atom. The Hall–Kier alpha value is -0.160. The van der Waals surface area contributed by atoms with Crippen LogP contribution in [0.5, 0.6) is 0 Å². The minimum Gasteiger partial charge on any atom is -0.393 e. The maximum absolute atomic E-state index is 11.9. The smallest absolute Gasteiger partial charge is 0.0760 e. The summed E-state index contributed by atoms with van der Waals surface area (Å²) in [5, 5.41) is 43.5. The first-order chi connectivity index (χ1) is 11.6. The molecule has 4 nitrogen and oxygen atoms in total. The summed E-state index contributed by atoms with van der Waals surface area (Å²) in [5.74, 6) is 1.000. The highest BCUT2D eigenvalue weighted by Crippen LogP contribution is 2.69. The van der Waals surface area contributed by atoms with Crippen LogP contribution < -0.4 is 0 Å². The van der Waals surface area contributed by atoms with E-state index in [-0.39, 0.29) is 23.4 Å². The molecule has 0 unspecified atom stereocenters. The van der Waals surface area contributed by atoms with Crippen molar-refractivity contribution in [1.29, 1.82) is 0 Å². The van der Waals surface area contributed by atoms with Gasteiger partial charge < -0.3 is 20.4 Å². The molecule has 4 rings (SSSR count). The Labute approximate surface area is 151 Å². The van der Waals surface area contributed by atoms with Gasteiger partial charge in [0.05, 0.1) is 23.9 Å². The molecular weight excluding hydrogens is 316 g/mol. The summed E-state index contributed by atoms with van der Waals surface area (Å²) in [7, 11) is 0. The summed E-state index contributed by atoms with van der Waals surface area (Å²) < 4.78 is 0. The van der Waals surface area contributed by atoms with Crippen molar-refractivity contribution in [2.75, 3.05) is 0 Å². The third kappa shape index (κ3) is 2.20. The summed E-state index contributed by atoms with van der Waals surface area (Å²) in [6.07, 6.45) is 5.76. The summed E-state index contributed by atoms with van der Waals surface area (Å²) in [6, 6.07) is 0. The molecule has 4 aliphatic carbocycles. The molecule has 4 fully saturated rings. The van der Waals surface area contributed by atoms with E-state index in [1.807, 2.05) is 6.92 Å². The van der Waals surface area contributed by atoms with Crippen molar-refractivity contribution in [3.05, 3.63) is 0 Å². The lowest BCUT2D eigenvalue weighted by Crippen LogP contribution is -2.67. The zero-order valence-electron chi connectivity index (χ0n) is 16.0. The molecule has 0 radical (unpaired) electrons. The third-order valence-electron chi connectivity index (χ3n) is 9.57. The molecule has 0 spiro atoms. The minimum absolute atomic E-state index is 0.0350. The molecule has 10 atom stereocenters. The van der Waals surface area contributed by atoms with E-state index >= 15 is 0 Å². The molecule has 0 heterocycles. The van der Waals surface area contributed by atoms with E-state index < -0.39 is 23.2 Å². The second-order valence-corrected chi connectivity index (χ2v) is 10.3. The van der Waals surface area contributed by atoms with Crippen molar-refractivity contribution in [2.24, 2.45) is 34.5 Å². The van der Waals surface area contributed by atoms with Crippen LogP contribution in [0, 0.1) is 34.5 Å². The maximum Gasteiger partial charge on any atom is 0.0760 e. The molecule has 0 saturated heterocycles. The summed E-state index contributed by atoms with van der Waals surface area (Å²) in [4.78, 5) is 0. The molecule has 25 heavy (non-hydrogen) atoms. The quantitative estimate of drug-likeness (QED) is 0.584. The van der Waals surface area contributed by atoms with Crippen molar-refractivity contribution < 1.29 is 20.4 Å². The zero-order valence-corrected chi connectivity index (χ0v) is 16.0. The lowest BCUT2D eigenvalue weighted by molar-refractivity contribution is -0.252. The molecule has 0 aromatic heterocycles. The lowest BCUT2D eigenvalue weighted by atomic mass is 9.42. The number of fused-ring (bicyclic) bond motifs is 5. The number of hydrogen-bond acceptors (Lipinski definition) is 4. The van der Waals surface area contributed by atoms with E-state index in [1.165, 1.54) is 0 Å². The summed E-state index contributed by atoms with van der Waals surface area (Å²) in [5.41, 5.74) is -1.37. The van der Waals surface area contributed by atoms with Gasteiger partial charge in [-0.15, -0.1) is 0 Å². The lowest BCUT2D eigenvalue weighted by Gasteiger charge is -2.65. The van der Waals surface area contributed by atoms with Crippen molar-refractivity contribution in [3.63, 3.8) is 0 Å². The molecular formula is C21H36O4. The fourth-order valence-corrected chi connectivity index (χ4v) is 7.99. The second kappa shape index (κ2) is 5.67. The van der Waals surface area contributed by atoms with Gasteiger partial charge in [-0.05, 0) is 87.4 Å². The highest BCUT2D eigenvalue weighted by Gasteiger charge is 2.70. The van der Waals surface area contributed by atoms with E-state index in [0.717, 1.165) is 44.9 Å². The zero-order chi connectivity index (χ0) is 18.2. The van der Waals surface area contributed by atoms with Crippen LogP contribution in [0.25, 0.3) is 0 Å². The molecule has 0 aromatic carbocycles. The molecule has 0 aliphatic heterocycles. The van der Waals surface area contributed by atoms with Gasteiger partial charge in [0.1, 0.15) is 0 Å². The van der Waals surface area contributed by atoms with Gasteiger partial charge in [-0.25, -0.2) is 0 Å². The van der Waals surface area contributed by atoms with Crippen molar-refractivity contribution in [1.82, 2.24) is 0 Å². The van der Waals surface area contributed by atoms with Gasteiger partial charge in [-0.1, -0.05) is 13.8 Å². The summed E-state index contributed by atoms with van der Waals surface area (Å²) >= 11 is 0. The Morgan fingerprint density at radius 3 is 2.32 bits per heavy atom. The van der Waals surface area contributed by atoms with Crippen LogP contribution in [0.2, 0.25) is 0 Å². The topological polar surface area (TPSA) is 80.9 Å². The van der Waals surface area contributed by atoms with Crippen LogP contribution in [-0.4, -0.2) is 44.3 Å². The number of hydrogen-bond donors (Lipinski definition) is 4. The van der Waals surface area contributed by atoms with E-state index in [0.29, 0.717) is 18.3 Å². The molecule has 4 heteroatoms. The molecule has 4 saturated carbocycles. The number of aliphatic hydroxyl groups is 4. The van der Waals surface area contributed by atoms with E-state index in [1.54, 1.807) is 6.92 Å². The maximum atomic E-state index is 11.9. The van der Waals surface area contributed by atoms with Gasteiger partial charge in [-0.2, -0.15) is 0 Å². The standard InChI is InChI=1S/C21H36O4/c1-12(22)15-7-9-21(25)16-5-4-13-10-14(23)6-8-19(13,2)17(16)11-18(24)20(15,21)3/h12-18,22-25H,4-11H2,1-3H3/t12-,13+,14+,15-,16-,17+,18-,19+,20+,21+/m1/s1. The average molecular weight is 353 g/mol. The van der Waals surface area contributed by atoms with Gasteiger partial charge in [0.2, 0.25) is 0 Å². The van der Waals surface area contributed by atoms with Crippen LogP contribution >= 0.6 is 0 Å². The van der Waals surface area contributed by atoms with E-state index in [9.17, 15) is 20.4 Å². The van der Waals surface area contributed by atoms with Gasteiger partial charge in [0.25, 0.3) is 0 Å². The third-order valence-corrected chi connectivity index (χ3v) is 9.57. The van der Waals surface area contributed by atoms with Crippen LogP contribution in [0.1, 0.15) is 72.1 Å². The SMILES string of the molecule is C[C@@H](O)[C@H]1CC[C@]2(O)[C@@H]3CC[C@H]4C[C@@H](O)CC[C@]4(C)[C@H]3C[C@@H](O)[C@]12C. The monoisotopic (exact) mass is 352 g/mol. The normalized spacial score (nSPS) is 59.6. The first-order valence-corrected chi connectivity index (χ1v) is 10.4. The fourth-order valence-electron chi connectivity index (χ4n) is 7.99. The van der Waals surface area contributed by atoms with Crippen LogP contribution in [0.15, 0.2) is 0 Å². The minimum atomic E-state index is -0.874. The highest BCUT2D eigenvalue weighted by molar-refractivity contribution is 5.20. The molecule has 144 valence electrons. The molecule has 4 aliphatic rings. The predicted molar refractivity (Wildman–Crippen MR) is 95.8 cm³/mol. The predicted octanol–water partition coefficient (Wildman–Crippen LogP) is 2.47. The van der Waals surface area contributed by atoms with Crippen molar-refractivity contribution in [3.8, 4) is 0 Å². The van der Waals surface area contributed by atoms with Crippen molar-refractivity contribution in [2.45, 2.75) is 96.1 Å². The first kappa shape index (κ1) is 18.2. The fraction of sp³-hybridized carbons (Fsp3) is 1.00. The van der Waals surface area contributed by atoms with Gasteiger partial charge in [0, 0.05) is 5.41 Å². The van der Waals surface area contributed by atoms with Gasteiger partial charge in [-0.3, -0.25) is 0 Å². The Bertz CT molecular complexity index is 536. The number of aliphatic hydroxyl groups excluding tert-OH is 3. The average Bonchev–Trinajstić information content (AvgIpc) is 2.83. The summed E-state index contributed by atoms with van der Waals surface area (Å²) in [6.45, 7) is 6.18. The largest absolute Gasteiger partial charge is 0.393 e. The van der Waals surface area contributed by atoms with E-state index in [4.69, 9.17) is 0 Å². The van der Waals surface area contributed by atoms with Crippen LogP contribution in [0.3, 0.4) is 0 Å². The second-order valence-electron chi connectivity index (χ2n) is 10.3. The Balaban J connectivity index is 1.71. The molecule has 4 N–H and O–H groups in total. The molecule has 0 bridgehead atoms. The Kier molecular flexibility index (Phi) is 4.13. The van der Waals surface area contributed by atoms with Crippen LogP contribution in [0.4, 0.5) is 0 Å². The molecule has 0 aromatic rings. The van der Waals surface area contributed by atoms with Gasteiger partial charge in [0.15, 0.2) is 0 Å². The van der Waals surface area contributed by atoms with Crippen LogP contribution in [-0.2, 0) is 0 Å². The number of rotatable bonds is 1.